The number of likely N-dealkylation sites (N-methyl/N-ethyl adjacent to an activating group) is 1. The van der Waals surface area contributed by atoms with Gasteiger partial charge in [0.15, 0.2) is 11.5 Å². The fourth-order valence-corrected chi connectivity index (χ4v) is 4.25. The molecule has 2 aromatic rings. The van der Waals surface area contributed by atoms with Crippen LogP contribution >= 0.6 is 0 Å². The number of nitrogens with one attached hydrogen (secondary N) is 1. The largest absolute Gasteiger partial charge is 0.872 e. The lowest BCUT2D eigenvalue weighted by atomic mass is 9.95. The molecule has 0 bridgehead atoms. The van der Waals surface area contributed by atoms with E-state index >= 15 is 0 Å². The molecule has 8 heteroatoms. The Labute approximate surface area is 200 Å². The second kappa shape index (κ2) is 11.1. The number of carbonyl (C=O) groups is 2. The Kier molecular flexibility index (Phi) is 8.17. The zero-order valence-electron chi connectivity index (χ0n) is 20.3. The van der Waals surface area contributed by atoms with Crippen molar-refractivity contribution in [1.29, 1.82) is 0 Å². The zero-order valence-corrected chi connectivity index (χ0v) is 20.3. The van der Waals surface area contributed by atoms with Gasteiger partial charge in [0, 0.05) is 5.57 Å². The molecule has 1 heterocycles. The van der Waals surface area contributed by atoms with E-state index in [-0.39, 0.29) is 5.57 Å². The van der Waals surface area contributed by atoms with Gasteiger partial charge in [-0.3, -0.25) is 9.59 Å². The number of rotatable bonds is 10. The first-order valence-electron chi connectivity index (χ1n) is 11.4. The molecule has 3 rings (SSSR count). The van der Waals surface area contributed by atoms with Crippen molar-refractivity contribution >= 4 is 17.4 Å². The molecule has 1 aliphatic heterocycles. The molecule has 0 saturated carbocycles. The number of carbonyl (C=O) groups excluding carboxylic acids is 2. The molecule has 182 valence electrons. The minimum atomic E-state index is -0.815. The Morgan fingerprint density at radius 2 is 1.59 bits per heavy atom. The number of hydrogen-bond acceptors (Lipinski definition) is 6. The van der Waals surface area contributed by atoms with Crippen molar-refractivity contribution in [3.05, 3.63) is 59.2 Å². The first-order valence-corrected chi connectivity index (χ1v) is 11.4. The van der Waals surface area contributed by atoms with Crippen LogP contribution in [0.25, 0.3) is 5.76 Å². The van der Waals surface area contributed by atoms with E-state index in [1.165, 1.54) is 31.1 Å². The van der Waals surface area contributed by atoms with Gasteiger partial charge in [-0.1, -0.05) is 24.0 Å². The Morgan fingerprint density at radius 3 is 2.15 bits per heavy atom. The van der Waals surface area contributed by atoms with Gasteiger partial charge in [-0.2, -0.15) is 0 Å². The molecular formula is C26H32N2O6. The molecule has 0 spiro atoms. The molecule has 0 radical (unpaired) electrons. The number of nitrogens with zero attached hydrogens (tertiary/aromatic N) is 1. The first-order chi connectivity index (χ1) is 16.4. The maximum Gasteiger partial charge on any atom is 0.295 e. The highest BCUT2D eigenvalue weighted by molar-refractivity contribution is 6.46. The van der Waals surface area contributed by atoms with E-state index in [0.717, 1.165) is 13.1 Å². The summed E-state index contributed by atoms with van der Waals surface area (Å²) in [4.78, 5) is 29.1. The first kappa shape index (κ1) is 25.1. The number of ketones is 1. The van der Waals surface area contributed by atoms with Crippen LogP contribution in [0.5, 0.6) is 17.2 Å². The molecule has 8 nitrogen and oxygen atoms in total. The fraction of sp³-hybridized carbons (Fsp3) is 0.385. The fourth-order valence-electron chi connectivity index (χ4n) is 4.25. The quantitative estimate of drug-likeness (QED) is 0.316. The lowest BCUT2D eigenvalue weighted by Crippen LogP contribution is -3.12. The smallest absolute Gasteiger partial charge is 0.295 e. The van der Waals surface area contributed by atoms with Gasteiger partial charge in [-0.25, -0.2) is 0 Å². The number of methoxy groups -OCH3 is 3. The molecule has 34 heavy (non-hydrogen) atoms. The third-order valence-electron chi connectivity index (χ3n) is 6.31. The summed E-state index contributed by atoms with van der Waals surface area (Å²) >= 11 is 0. The Hall–Kier alpha value is -3.52. The molecule has 1 aliphatic rings. The van der Waals surface area contributed by atoms with E-state index in [4.69, 9.17) is 14.2 Å². The summed E-state index contributed by atoms with van der Waals surface area (Å²) in [6.07, 6.45) is 0. The average molecular weight is 469 g/mol. The number of Topliss-reactive ketones (excluding diaryl/α,β-unsaturated/α-hetero) is 1. The molecule has 1 N–H and O–H groups in total. The van der Waals surface area contributed by atoms with Crippen LogP contribution in [-0.2, 0) is 9.59 Å². The van der Waals surface area contributed by atoms with Gasteiger partial charge in [0.2, 0.25) is 5.78 Å². The predicted molar refractivity (Wildman–Crippen MR) is 126 cm³/mol. The molecule has 0 aromatic heterocycles. The highest BCUT2D eigenvalue weighted by Gasteiger charge is 2.44. The molecule has 1 unspecified atom stereocenters. The topological polar surface area (TPSA) is 92.6 Å². The molecule has 1 atom stereocenters. The number of likely N-dealkylation sites (tertiary alicyclic amines) is 1. The molecule has 2 aromatic carbocycles. The number of amides is 1. The van der Waals surface area contributed by atoms with Gasteiger partial charge in [0.1, 0.15) is 5.75 Å². The Bertz CT molecular complexity index is 1060. The molecule has 1 saturated heterocycles. The van der Waals surface area contributed by atoms with E-state index in [1.807, 2.05) is 0 Å². The standard InChI is InChI=1S/C26H32N2O6/c1-6-27(7-2)14-15-28-23(18-10-13-20(33-4)21(16-18)34-5)22(25(30)26(28)31)24(29)17-8-11-19(32-3)12-9-17/h8-13,16,23,29H,6-7,14-15H2,1-5H3. The van der Waals surface area contributed by atoms with Crippen molar-refractivity contribution in [3.63, 3.8) is 0 Å². The maximum absolute atomic E-state index is 13.5. The SMILES string of the molecule is CC[NH+](CC)CCN1C(=O)C(=O)C(=C([O-])c2ccc(OC)cc2)C1c1ccc(OC)c(OC)c1. The van der Waals surface area contributed by atoms with Crippen LogP contribution in [0.1, 0.15) is 31.0 Å². The number of quaternary nitrogens is 1. The number of ether oxygens (including phenoxy) is 3. The summed E-state index contributed by atoms with van der Waals surface area (Å²) < 4.78 is 15.9. The third-order valence-corrected chi connectivity index (χ3v) is 6.31. The van der Waals surface area contributed by atoms with Crippen LogP contribution in [0.2, 0.25) is 0 Å². The van der Waals surface area contributed by atoms with Crippen molar-refractivity contribution in [2.75, 3.05) is 47.5 Å². The second-order valence-corrected chi connectivity index (χ2v) is 8.02. The van der Waals surface area contributed by atoms with Gasteiger partial charge in [0.25, 0.3) is 5.91 Å². The van der Waals surface area contributed by atoms with Crippen molar-refractivity contribution in [2.24, 2.45) is 0 Å². The second-order valence-electron chi connectivity index (χ2n) is 8.02. The van der Waals surface area contributed by atoms with E-state index in [9.17, 15) is 14.7 Å². The predicted octanol–water partition coefficient (Wildman–Crippen LogP) is 0.861. The summed E-state index contributed by atoms with van der Waals surface area (Å²) in [5, 5.41) is 13.5. The monoisotopic (exact) mass is 468 g/mol. The van der Waals surface area contributed by atoms with Crippen molar-refractivity contribution < 1.29 is 33.8 Å². The highest BCUT2D eigenvalue weighted by atomic mass is 16.5. The van der Waals surface area contributed by atoms with Crippen molar-refractivity contribution in [2.45, 2.75) is 19.9 Å². The van der Waals surface area contributed by atoms with Crippen molar-refractivity contribution in [3.8, 4) is 17.2 Å². The Balaban J connectivity index is 2.13. The third kappa shape index (κ3) is 4.87. The van der Waals surface area contributed by atoms with Gasteiger partial charge < -0.3 is 29.1 Å². The van der Waals surface area contributed by atoms with Crippen LogP contribution < -0.4 is 24.2 Å². The lowest BCUT2D eigenvalue weighted by Gasteiger charge is -2.29. The van der Waals surface area contributed by atoms with Crippen LogP contribution in [0.3, 0.4) is 0 Å². The maximum atomic E-state index is 13.5. The molecular weight excluding hydrogens is 436 g/mol. The minimum absolute atomic E-state index is 0.0584. The molecule has 0 aliphatic carbocycles. The zero-order chi connectivity index (χ0) is 24.8. The van der Waals surface area contributed by atoms with Crippen LogP contribution in [0.4, 0.5) is 0 Å². The normalized spacial score (nSPS) is 17.4. The highest BCUT2D eigenvalue weighted by Crippen LogP contribution is 2.41. The van der Waals surface area contributed by atoms with Gasteiger partial charge >= 0.3 is 0 Å². The van der Waals surface area contributed by atoms with Crippen molar-refractivity contribution in [1.82, 2.24) is 4.90 Å². The summed E-state index contributed by atoms with van der Waals surface area (Å²) in [5.41, 5.74) is 0.874. The minimum Gasteiger partial charge on any atom is -0.872 e. The van der Waals surface area contributed by atoms with E-state index in [0.29, 0.717) is 41.5 Å². The number of hydrogen-bond donors (Lipinski definition) is 1. The lowest BCUT2D eigenvalue weighted by molar-refractivity contribution is -0.895. The molecule has 1 fully saturated rings. The van der Waals surface area contributed by atoms with Gasteiger partial charge in [-0.05, 0) is 49.2 Å². The van der Waals surface area contributed by atoms with E-state index in [2.05, 4.69) is 13.8 Å². The summed E-state index contributed by atoms with van der Waals surface area (Å²) in [7, 11) is 4.58. The van der Waals surface area contributed by atoms with Crippen LogP contribution in [-0.4, -0.2) is 64.1 Å². The average Bonchev–Trinajstić information content (AvgIpc) is 3.13. The number of benzene rings is 2. The summed E-state index contributed by atoms with van der Waals surface area (Å²) in [6.45, 7) is 6.96. The van der Waals surface area contributed by atoms with E-state index in [1.54, 1.807) is 42.5 Å². The Morgan fingerprint density at radius 1 is 0.941 bits per heavy atom. The van der Waals surface area contributed by atoms with Crippen LogP contribution in [0.15, 0.2) is 48.0 Å². The van der Waals surface area contributed by atoms with Gasteiger partial charge in [-0.15, -0.1) is 0 Å². The van der Waals surface area contributed by atoms with Gasteiger partial charge in [0.05, 0.1) is 53.6 Å². The summed E-state index contributed by atoms with van der Waals surface area (Å²) in [5.74, 6) is -0.339. The van der Waals surface area contributed by atoms with E-state index < -0.39 is 23.5 Å². The molecule has 1 amide bonds. The van der Waals surface area contributed by atoms with Crippen LogP contribution in [0, 0.1) is 0 Å². The summed E-state index contributed by atoms with van der Waals surface area (Å²) in [6, 6.07) is 10.9.